The predicted octanol–water partition coefficient (Wildman–Crippen LogP) is 4.13. The van der Waals surface area contributed by atoms with Gasteiger partial charge in [0, 0.05) is 6.54 Å². The Morgan fingerprint density at radius 1 is 1.05 bits per heavy atom. The summed E-state index contributed by atoms with van der Waals surface area (Å²) in [6.07, 6.45) is -1.09. The van der Waals surface area contributed by atoms with Gasteiger partial charge in [0.2, 0.25) is 5.91 Å². The van der Waals surface area contributed by atoms with Crippen LogP contribution >= 0.6 is 0 Å². The predicted molar refractivity (Wildman–Crippen MR) is 129 cm³/mol. The molecule has 1 aromatic carbocycles. The Labute approximate surface area is 213 Å². The second-order valence-corrected chi connectivity index (χ2v) is 10.4. The van der Waals surface area contributed by atoms with Crippen molar-refractivity contribution >= 4 is 27.7 Å². The molecule has 0 radical (unpaired) electrons. The molecule has 1 heterocycles. The molecule has 9 nitrogen and oxygen atoms in total. The molecule has 0 saturated heterocycles. The van der Waals surface area contributed by atoms with Crippen molar-refractivity contribution in [2.45, 2.75) is 62.4 Å². The number of aromatic nitrogens is 1. The van der Waals surface area contributed by atoms with E-state index in [2.05, 4.69) is 15.6 Å². The van der Waals surface area contributed by atoms with Gasteiger partial charge in [0.05, 0.1) is 18.3 Å². The number of alkyl halides is 3. The van der Waals surface area contributed by atoms with Gasteiger partial charge < -0.3 is 15.4 Å². The van der Waals surface area contributed by atoms with Crippen LogP contribution in [-0.4, -0.2) is 44.2 Å². The molecule has 2 amide bonds. The van der Waals surface area contributed by atoms with Crippen molar-refractivity contribution < 1.29 is 35.9 Å². The van der Waals surface area contributed by atoms with Gasteiger partial charge in [-0.1, -0.05) is 49.6 Å². The highest BCUT2D eigenvalue weighted by atomic mass is 32.2. The van der Waals surface area contributed by atoms with Gasteiger partial charge in [0.1, 0.15) is 12.6 Å². The van der Waals surface area contributed by atoms with Crippen LogP contribution in [0.1, 0.15) is 44.1 Å². The van der Waals surface area contributed by atoms with E-state index in [0.29, 0.717) is 0 Å². The molecule has 0 bridgehead atoms. The number of pyridine rings is 1. The van der Waals surface area contributed by atoms with Crippen LogP contribution in [0.2, 0.25) is 0 Å². The summed E-state index contributed by atoms with van der Waals surface area (Å²) in [5, 5.41) is 4.79. The van der Waals surface area contributed by atoms with E-state index in [1.165, 1.54) is 6.07 Å². The van der Waals surface area contributed by atoms with Crippen LogP contribution in [0.3, 0.4) is 0 Å². The highest BCUT2D eigenvalue weighted by molar-refractivity contribution is 7.89. The number of benzene rings is 1. The summed E-state index contributed by atoms with van der Waals surface area (Å²) in [5.41, 5.74) is 0.963. The zero-order chi connectivity index (χ0) is 26.9. The number of carbonyl (C=O) groups is 2. The summed E-state index contributed by atoms with van der Waals surface area (Å²) >= 11 is 0. The third kappa shape index (κ3) is 9.32. The number of ether oxygens (including phenoxy) is 1. The number of nitrogens with one attached hydrogen (secondary N) is 3. The molecule has 1 atom stereocenters. The van der Waals surface area contributed by atoms with Gasteiger partial charge in [-0.25, -0.2) is 22.9 Å². The molecular weight excluding hydrogens is 513 g/mol. The van der Waals surface area contributed by atoms with Crippen molar-refractivity contribution in [1.29, 1.82) is 0 Å². The van der Waals surface area contributed by atoms with Gasteiger partial charge in [-0.3, -0.25) is 4.79 Å². The number of hydrogen-bond donors (Lipinski definition) is 3. The van der Waals surface area contributed by atoms with Crippen LogP contribution in [0.25, 0.3) is 0 Å². The average Bonchev–Trinajstić information content (AvgIpc) is 2.86. The van der Waals surface area contributed by atoms with Crippen LogP contribution in [-0.2, 0) is 26.2 Å². The number of halogens is 3. The maximum atomic E-state index is 13.1. The fourth-order valence-electron chi connectivity index (χ4n) is 3.99. The van der Waals surface area contributed by atoms with Crippen LogP contribution in [0.15, 0.2) is 53.7 Å². The minimum Gasteiger partial charge on any atom is -0.445 e. The smallest absolute Gasteiger partial charge is 0.408 e. The molecule has 13 heteroatoms. The average molecular weight is 543 g/mol. The van der Waals surface area contributed by atoms with Crippen molar-refractivity contribution in [1.82, 2.24) is 15.0 Å². The molecule has 202 valence electrons. The van der Waals surface area contributed by atoms with E-state index in [4.69, 9.17) is 4.74 Å². The quantitative estimate of drug-likeness (QED) is 0.415. The molecule has 0 aliphatic heterocycles. The highest BCUT2D eigenvalue weighted by Gasteiger charge is 2.32. The lowest BCUT2D eigenvalue weighted by atomic mass is 9.83. The number of carbonyl (C=O) groups excluding carboxylic acids is 2. The maximum Gasteiger partial charge on any atom is 0.408 e. The van der Waals surface area contributed by atoms with Crippen LogP contribution in [0.4, 0.5) is 23.7 Å². The minimum absolute atomic E-state index is 0.0442. The Morgan fingerprint density at radius 2 is 1.76 bits per heavy atom. The number of anilines is 1. The Morgan fingerprint density at radius 3 is 2.38 bits per heavy atom. The van der Waals surface area contributed by atoms with Gasteiger partial charge in [0.25, 0.3) is 10.0 Å². The maximum absolute atomic E-state index is 13.1. The third-order valence-corrected chi connectivity index (χ3v) is 7.25. The Balaban J connectivity index is 1.62. The molecule has 1 saturated carbocycles. The van der Waals surface area contributed by atoms with Crippen LogP contribution in [0.5, 0.6) is 0 Å². The second-order valence-electron chi connectivity index (χ2n) is 8.72. The highest BCUT2D eigenvalue weighted by Crippen LogP contribution is 2.27. The van der Waals surface area contributed by atoms with E-state index < -0.39 is 52.2 Å². The summed E-state index contributed by atoms with van der Waals surface area (Å²) in [6, 6.07) is 10.6. The Hall–Kier alpha value is -3.19. The fourth-order valence-corrected chi connectivity index (χ4v) is 4.95. The summed E-state index contributed by atoms with van der Waals surface area (Å²) < 4.78 is 68.3. The molecule has 1 aromatic heterocycles. The van der Waals surface area contributed by atoms with E-state index in [1.54, 1.807) is 12.1 Å². The zero-order valence-electron chi connectivity index (χ0n) is 20.0. The fraction of sp³-hybridized carbons (Fsp3) is 0.458. The minimum atomic E-state index is -4.50. The first kappa shape index (κ1) is 28.4. The zero-order valence-corrected chi connectivity index (χ0v) is 20.8. The summed E-state index contributed by atoms with van der Waals surface area (Å²) in [5.74, 6) is -0.618. The molecule has 1 fully saturated rings. The van der Waals surface area contributed by atoms with E-state index in [1.807, 2.05) is 22.9 Å². The molecule has 0 spiro atoms. The number of alkyl carbamates (subject to hydrolysis) is 1. The van der Waals surface area contributed by atoms with E-state index in [-0.39, 0.29) is 18.2 Å². The summed E-state index contributed by atoms with van der Waals surface area (Å²) in [7, 11) is -4.25. The first-order chi connectivity index (χ1) is 17.5. The largest absolute Gasteiger partial charge is 0.445 e. The normalized spacial score (nSPS) is 15.5. The molecule has 37 heavy (non-hydrogen) atoms. The lowest BCUT2D eigenvalue weighted by Crippen LogP contribution is -2.49. The number of amides is 2. The first-order valence-corrected chi connectivity index (χ1v) is 13.3. The van der Waals surface area contributed by atoms with Crippen LogP contribution in [0, 0.1) is 5.92 Å². The monoisotopic (exact) mass is 542 g/mol. The van der Waals surface area contributed by atoms with Crippen molar-refractivity contribution in [3.8, 4) is 0 Å². The Bertz CT molecular complexity index is 1140. The van der Waals surface area contributed by atoms with Crippen LogP contribution < -0.4 is 15.4 Å². The summed E-state index contributed by atoms with van der Waals surface area (Å²) in [4.78, 5) is 29.3. The van der Waals surface area contributed by atoms with Gasteiger partial charge in [0.15, 0.2) is 5.03 Å². The van der Waals surface area contributed by atoms with Gasteiger partial charge >= 0.3 is 12.3 Å². The third-order valence-electron chi connectivity index (χ3n) is 5.87. The van der Waals surface area contributed by atoms with Crippen molar-refractivity contribution in [3.63, 3.8) is 0 Å². The molecule has 3 N–H and O–H groups in total. The number of nitrogens with zero attached hydrogens (tertiary/aromatic N) is 1. The molecule has 3 rings (SSSR count). The van der Waals surface area contributed by atoms with Gasteiger partial charge in [-0.05, 0) is 36.5 Å². The van der Waals surface area contributed by atoms with Crippen molar-refractivity contribution in [2.24, 2.45) is 5.92 Å². The van der Waals surface area contributed by atoms with E-state index in [0.717, 1.165) is 49.9 Å². The van der Waals surface area contributed by atoms with Gasteiger partial charge in [-0.15, -0.1) is 0 Å². The molecule has 1 aliphatic carbocycles. The molecular formula is C24H29F3N4O5S. The van der Waals surface area contributed by atoms with E-state index in [9.17, 15) is 31.2 Å². The first-order valence-electron chi connectivity index (χ1n) is 11.8. The standard InChI is InChI=1S/C24H29F3N4O5S/c25-24(26,27)13-14-29-37(34,35)20-12-11-19(15-28-20)30-22(32)21(18-9-5-2-6-10-18)31-23(33)36-16-17-7-3-1-4-8-17/h1,3-4,7-8,11-12,15,18,21,29H,2,5-6,9-10,13-14,16H2,(H,30,32)(H,31,33)/t21-/m0/s1. The van der Waals surface area contributed by atoms with E-state index >= 15 is 0 Å². The lowest BCUT2D eigenvalue weighted by Gasteiger charge is -2.29. The number of hydrogen-bond acceptors (Lipinski definition) is 6. The lowest BCUT2D eigenvalue weighted by molar-refractivity contribution is -0.132. The second kappa shape index (κ2) is 12.9. The summed E-state index contributed by atoms with van der Waals surface area (Å²) in [6.45, 7) is -0.774. The van der Waals surface area contributed by atoms with Crippen molar-refractivity contribution in [2.75, 3.05) is 11.9 Å². The molecule has 2 aromatic rings. The molecule has 0 unspecified atom stereocenters. The van der Waals surface area contributed by atoms with Gasteiger partial charge in [-0.2, -0.15) is 13.2 Å². The van der Waals surface area contributed by atoms with Crippen molar-refractivity contribution in [3.05, 3.63) is 54.2 Å². The Kier molecular flexibility index (Phi) is 9.86. The number of sulfonamides is 1. The topological polar surface area (TPSA) is 126 Å². The number of rotatable bonds is 10. The SMILES string of the molecule is O=C(N[C@H](C(=O)Nc1ccc(S(=O)(=O)NCCC(F)(F)F)nc1)C1CCCCC1)OCc1ccccc1. The molecule has 1 aliphatic rings.